The molecule has 13 heteroatoms. The molecule has 2 N–H and O–H groups in total. The highest BCUT2D eigenvalue weighted by molar-refractivity contribution is 5.98. The average molecular weight is 538 g/mol. The Labute approximate surface area is 212 Å². The van der Waals surface area contributed by atoms with Gasteiger partial charge in [0.15, 0.2) is 17.3 Å². The zero-order chi connectivity index (χ0) is 27.6. The highest BCUT2D eigenvalue weighted by Crippen LogP contribution is 2.34. The molecule has 0 saturated heterocycles. The third-order valence-electron chi connectivity index (χ3n) is 5.65. The van der Waals surface area contributed by atoms with Crippen molar-refractivity contribution in [3.05, 3.63) is 94.6 Å². The number of fused-ring (bicyclic) bond motifs is 1. The zero-order valence-corrected chi connectivity index (χ0v) is 19.5. The lowest BCUT2D eigenvalue weighted by molar-refractivity contribution is -0.141. The number of benzene rings is 2. The molecule has 0 radical (unpaired) electrons. The molecule has 0 fully saturated rings. The number of alkyl halides is 3. The Balaban J connectivity index is 1.55. The summed E-state index contributed by atoms with van der Waals surface area (Å²) in [6.45, 7) is -0.510. The molecule has 2 aromatic carbocycles. The molecule has 38 heavy (non-hydrogen) atoms. The van der Waals surface area contributed by atoms with E-state index in [1.807, 2.05) is 0 Å². The molecular weight excluding hydrogens is 518 g/mol. The molecule has 2 heterocycles. The minimum atomic E-state index is -4.83. The lowest BCUT2D eigenvalue weighted by atomic mass is 10.0. The van der Waals surface area contributed by atoms with Gasteiger partial charge in [-0.2, -0.15) is 18.3 Å². The van der Waals surface area contributed by atoms with Gasteiger partial charge in [-0.3, -0.25) is 9.69 Å². The Hall–Kier alpha value is -4.13. The Morgan fingerprint density at radius 3 is 2.39 bits per heavy atom. The first kappa shape index (κ1) is 26.9. The van der Waals surface area contributed by atoms with E-state index < -0.39 is 60.2 Å². The summed E-state index contributed by atoms with van der Waals surface area (Å²) in [6.07, 6.45) is -4.69. The van der Waals surface area contributed by atoms with Crippen molar-refractivity contribution in [1.82, 2.24) is 9.78 Å². The molecule has 200 valence electrons. The number of hydrogen-bond acceptors (Lipinski definition) is 5. The van der Waals surface area contributed by atoms with Crippen LogP contribution in [-0.4, -0.2) is 27.7 Å². The molecule has 1 aliphatic heterocycles. The zero-order valence-electron chi connectivity index (χ0n) is 19.5. The molecule has 0 aliphatic carbocycles. The second-order valence-corrected chi connectivity index (χ2v) is 8.55. The van der Waals surface area contributed by atoms with Gasteiger partial charge in [0.25, 0.3) is 0 Å². The summed E-state index contributed by atoms with van der Waals surface area (Å²) in [5, 5.41) is 3.47. The predicted octanol–water partition coefficient (Wildman–Crippen LogP) is 4.25. The highest BCUT2D eigenvalue weighted by Gasteiger charge is 2.38. The van der Waals surface area contributed by atoms with Crippen LogP contribution in [0.15, 0.2) is 60.3 Å². The Morgan fingerprint density at radius 1 is 1.03 bits per heavy atom. The van der Waals surface area contributed by atoms with Gasteiger partial charge >= 0.3 is 12.1 Å². The first-order valence-corrected chi connectivity index (χ1v) is 11.2. The summed E-state index contributed by atoms with van der Waals surface area (Å²) in [5.41, 5.74) is 4.87. The van der Waals surface area contributed by atoms with Crippen LogP contribution in [0.2, 0.25) is 0 Å². The van der Waals surface area contributed by atoms with Crippen molar-refractivity contribution >= 4 is 17.7 Å². The number of carbonyl (C=O) groups excluding carboxylic acids is 2. The predicted molar refractivity (Wildman–Crippen MR) is 122 cm³/mol. The second-order valence-electron chi connectivity index (χ2n) is 8.55. The van der Waals surface area contributed by atoms with Gasteiger partial charge in [-0.05, 0) is 23.6 Å². The van der Waals surface area contributed by atoms with Crippen LogP contribution >= 0.6 is 0 Å². The van der Waals surface area contributed by atoms with Crippen molar-refractivity contribution in [1.29, 1.82) is 0 Å². The molecule has 1 aromatic heterocycles. The lowest BCUT2D eigenvalue weighted by Gasteiger charge is -2.26. The molecule has 1 atom stereocenters. The van der Waals surface area contributed by atoms with Crippen LogP contribution < -0.4 is 10.6 Å². The summed E-state index contributed by atoms with van der Waals surface area (Å²) in [5.74, 6) is -5.76. The normalized spacial score (nSPS) is 14.1. The fourth-order valence-electron chi connectivity index (χ4n) is 3.81. The van der Waals surface area contributed by atoms with Crippen LogP contribution in [0.3, 0.4) is 0 Å². The Kier molecular flexibility index (Phi) is 7.58. The number of anilines is 1. The van der Waals surface area contributed by atoms with Gasteiger partial charge in [0, 0.05) is 30.8 Å². The number of rotatable bonds is 7. The van der Waals surface area contributed by atoms with E-state index in [9.17, 15) is 35.9 Å². The maximum absolute atomic E-state index is 14.0. The van der Waals surface area contributed by atoms with Crippen molar-refractivity contribution in [3.8, 4) is 0 Å². The van der Waals surface area contributed by atoms with Crippen molar-refractivity contribution in [2.75, 3.05) is 4.90 Å². The number of aromatic nitrogens is 2. The third-order valence-corrected chi connectivity index (χ3v) is 5.65. The SMILES string of the molecule is N[C@@H](CC(=O)N1C=C(C(=O)OCc2ccccc2)Cn2nc(C(F)(F)F)cc21)Cc1cc(F)c(F)cc1F. The van der Waals surface area contributed by atoms with E-state index in [1.54, 1.807) is 30.3 Å². The quantitative estimate of drug-likeness (QED) is 0.276. The number of nitrogens with zero attached hydrogens (tertiary/aromatic N) is 3. The Morgan fingerprint density at radius 2 is 1.71 bits per heavy atom. The van der Waals surface area contributed by atoms with E-state index in [0.29, 0.717) is 23.8 Å². The topological polar surface area (TPSA) is 90.5 Å². The fraction of sp³-hybridized carbons (Fsp3) is 0.240. The number of nitrogens with two attached hydrogens (primary N) is 1. The van der Waals surface area contributed by atoms with Crippen LogP contribution in [0.1, 0.15) is 23.2 Å². The minimum absolute atomic E-state index is 0.116. The number of amides is 1. The molecule has 4 rings (SSSR count). The number of hydrogen-bond donors (Lipinski definition) is 1. The van der Waals surface area contributed by atoms with Crippen LogP contribution in [0.4, 0.5) is 32.2 Å². The molecule has 3 aromatic rings. The first-order valence-electron chi connectivity index (χ1n) is 11.2. The van der Waals surface area contributed by atoms with E-state index in [2.05, 4.69) is 5.10 Å². The van der Waals surface area contributed by atoms with E-state index in [4.69, 9.17) is 10.5 Å². The number of esters is 1. The molecule has 0 saturated carbocycles. The number of ether oxygens (including phenoxy) is 1. The molecule has 0 unspecified atom stereocenters. The van der Waals surface area contributed by atoms with E-state index in [1.165, 1.54) is 0 Å². The second kappa shape index (κ2) is 10.7. The summed E-state index contributed by atoms with van der Waals surface area (Å²) < 4.78 is 86.7. The molecule has 0 bridgehead atoms. The monoisotopic (exact) mass is 538 g/mol. The lowest BCUT2D eigenvalue weighted by Crippen LogP contribution is -2.38. The standard InChI is InChI=1S/C25H20F6N4O3/c26-18-9-20(28)19(27)7-15(18)6-17(32)8-23(36)34-11-16(24(37)38-13-14-4-2-1-3-5-14)12-35-22(34)10-21(33-35)25(29,30)31/h1-5,7,9-11,17H,6,8,12-13,32H2/t17-/m1/s1. The summed E-state index contributed by atoms with van der Waals surface area (Å²) in [6, 6.07) is 9.11. The van der Waals surface area contributed by atoms with E-state index in [0.717, 1.165) is 15.8 Å². The van der Waals surface area contributed by atoms with Gasteiger partial charge in [-0.25, -0.2) is 22.6 Å². The molecular formula is C25H20F6N4O3. The van der Waals surface area contributed by atoms with Crippen LogP contribution in [0.5, 0.6) is 0 Å². The summed E-state index contributed by atoms with van der Waals surface area (Å²) in [4.78, 5) is 26.5. The van der Waals surface area contributed by atoms with Crippen LogP contribution in [0, 0.1) is 17.5 Å². The smallest absolute Gasteiger partial charge is 0.435 e. The van der Waals surface area contributed by atoms with Gasteiger partial charge in [0.2, 0.25) is 5.91 Å². The Bertz CT molecular complexity index is 1390. The van der Waals surface area contributed by atoms with Crippen molar-refractivity contribution in [3.63, 3.8) is 0 Å². The molecule has 1 amide bonds. The average Bonchev–Trinajstić information content (AvgIpc) is 3.31. The molecule has 1 aliphatic rings. The van der Waals surface area contributed by atoms with Crippen molar-refractivity contribution in [2.24, 2.45) is 5.73 Å². The fourth-order valence-corrected chi connectivity index (χ4v) is 3.81. The highest BCUT2D eigenvalue weighted by atomic mass is 19.4. The molecule has 7 nitrogen and oxygen atoms in total. The van der Waals surface area contributed by atoms with E-state index >= 15 is 0 Å². The largest absolute Gasteiger partial charge is 0.457 e. The maximum Gasteiger partial charge on any atom is 0.435 e. The van der Waals surface area contributed by atoms with E-state index in [-0.39, 0.29) is 30.0 Å². The first-order chi connectivity index (χ1) is 17.9. The minimum Gasteiger partial charge on any atom is -0.457 e. The number of carbonyl (C=O) groups is 2. The maximum atomic E-state index is 14.0. The van der Waals surface area contributed by atoms with Gasteiger partial charge in [-0.1, -0.05) is 30.3 Å². The summed E-state index contributed by atoms with van der Waals surface area (Å²) in [7, 11) is 0. The molecule has 0 spiro atoms. The van der Waals surface area contributed by atoms with Crippen LogP contribution in [0.25, 0.3) is 0 Å². The van der Waals surface area contributed by atoms with Crippen molar-refractivity contribution in [2.45, 2.75) is 38.2 Å². The van der Waals surface area contributed by atoms with Gasteiger partial charge in [0.05, 0.1) is 12.1 Å². The van der Waals surface area contributed by atoms with Gasteiger partial charge in [-0.15, -0.1) is 0 Å². The van der Waals surface area contributed by atoms with Crippen LogP contribution in [-0.2, 0) is 40.1 Å². The summed E-state index contributed by atoms with van der Waals surface area (Å²) >= 11 is 0. The third kappa shape index (κ3) is 6.05. The van der Waals surface area contributed by atoms with Gasteiger partial charge < -0.3 is 10.5 Å². The van der Waals surface area contributed by atoms with Crippen molar-refractivity contribution < 1.29 is 40.7 Å². The number of halogens is 6. The van der Waals surface area contributed by atoms with Gasteiger partial charge in [0.1, 0.15) is 18.2 Å².